The Kier molecular flexibility index (Phi) is 3.55. The van der Waals surface area contributed by atoms with Crippen molar-refractivity contribution in [3.8, 4) is 0 Å². The lowest BCUT2D eigenvalue weighted by Gasteiger charge is -2.44. The van der Waals surface area contributed by atoms with Crippen LogP contribution in [0.5, 0.6) is 0 Å². The molecule has 2 rings (SSSR count). The second kappa shape index (κ2) is 4.86. The Hall–Kier alpha value is -1.54. The lowest BCUT2D eigenvalue weighted by atomic mass is 9.83. The second-order valence-corrected chi connectivity index (χ2v) is 5.58. The van der Waals surface area contributed by atoms with Gasteiger partial charge in [-0.3, -0.25) is 9.59 Å². The van der Waals surface area contributed by atoms with E-state index in [9.17, 15) is 19.5 Å². The maximum atomic E-state index is 11.8. The van der Waals surface area contributed by atoms with Crippen LogP contribution in [0.4, 0.5) is 0 Å². The Labute approximate surface area is 112 Å². The topological polar surface area (TPSA) is 115 Å². The average Bonchev–Trinajstić information content (AvgIpc) is 2.60. The maximum absolute atomic E-state index is 11.8. The zero-order valence-electron chi connectivity index (χ0n) is 10.1. The lowest BCUT2D eigenvalue weighted by molar-refractivity contribution is -0.161. The van der Waals surface area contributed by atoms with Crippen molar-refractivity contribution in [1.82, 2.24) is 4.90 Å². The quantitative estimate of drug-likeness (QED) is 0.595. The number of carbonyl (C=O) groups excluding carboxylic acids is 1. The highest BCUT2D eigenvalue weighted by molar-refractivity contribution is 8.03. The van der Waals surface area contributed by atoms with E-state index in [4.69, 9.17) is 10.2 Å². The van der Waals surface area contributed by atoms with E-state index in [-0.39, 0.29) is 17.5 Å². The fraction of sp³-hybridized carbons (Fsp3) is 0.545. The van der Waals surface area contributed by atoms with E-state index in [1.165, 1.54) is 6.92 Å². The zero-order valence-corrected chi connectivity index (χ0v) is 10.9. The fourth-order valence-corrected chi connectivity index (χ4v) is 3.42. The Bertz CT molecular complexity index is 486. The molecular formula is C11H13NO6S. The predicted octanol–water partition coefficient (Wildman–Crippen LogP) is -0.288. The number of carboxylic acid groups (broad SMARTS) is 2. The number of rotatable bonds is 5. The Morgan fingerprint density at radius 1 is 1.47 bits per heavy atom. The first-order valence-corrected chi connectivity index (χ1v) is 6.65. The van der Waals surface area contributed by atoms with E-state index in [0.29, 0.717) is 11.3 Å². The zero-order chi connectivity index (χ0) is 14.3. The van der Waals surface area contributed by atoms with E-state index in [1.807, 2.05) is 0 Å². The molecule has 0 saturated carbocycles. The van der Waals surface area contributed by atoms with Gasteiger partial charge in [0.2, 0.25) is 5.91 Å². The molecule has 0 aliphatic carbocycles. The summed E-state index contributed by atoms with van der Waals surface area (Å²) in [7, 11) is 0. The minimum absolute atomic E-state index is 0.141. The monoisotopic (exact) mass is 287 g/mol. The van der Waals surface area contributed by atoms with Gasteiger partial charge < -0.3 is 20.2 Å². The van der Waals surface area contributed by atoms with E-state index >= 15 is 0 Å². The van der Waals surface area contributed by atoms with Gasteiger partial charge in [-0.05, 0) is 6.92 Å². The number of fused-ring (bicyclic) bond motifs is 1. The number of nitrogens with zero attached hydrogens (tertiary/aromatic N) is 1. The summed E-state index contributed by atoms with van der Waals surface area (Å²) >= 11 is 0.916. The van der Waals surface area contributed by atoms with E-state index in [0.717, 1.165) is 16.7 Å². The van der Waals surface area contributed by atoms with E-state index < -0.39 is 29.9 Å². The SMILES string of the molecule is C[C@H](O)[C@@H]1C(=O)N2C(C(=O)O)=C(SCC(=O)O)C[C@H]12. The molecule has 1 fully saturated rings. The number of aliphatic hydroxyl groups is 1. The largest absolute Gasteiger partial charge is 0.481 e. The third-order valence-electron chi connectivity index (χ3n) is 3.26. The van der Waals surface area contributed by atoms with E-state index in [1.54, 1.807) is 0 Å². The molecule has 104 valence electrons. The molecule has 3 N–H and O–H groups in total. The van der Waals surface area contributed by atoms with Crippen molar-refractivity contribution >= 4 is 29.6 Å². The first kappa shape index (κ1) is 13.9. The van der Waals surface area contributed by atoms with Gasteiger partial charge in [0.05, 0.1) is 23.8 Å². The van der Waals surface area contributed by atoms with Crippen LogP contribution in [0.1, 0.15) is 13.3 Å². The van der Waals surface area contributed by atoms with Crippen LogP contribution < -0.4 is 0 Å². The Balaban J connectivity index is 2.21. The van der Waals surface area contributed by atoms with Crippen molar-refractivity contribution in [3.63, 3.8) is 0 Å². The number of carboxylic acids is 2. The van der Waals surface area contributed by atoms with Crippen LogP contribution in [-0.4, -0.2) is 56.0 Å². The van der Waals surface area contributed by atoms with E-state index in [2.05, 4.69) is 0 Å². The van der Waals surface area contributed by atoms with Gasteiger partial charge in [0.1, 0.15) is 5.70 Å². The molecule has 0 aromatic rings. The van der Waals surface area contributed by atoms with Gasteiger partial charge in [-0.2, -0.15) is 0 Å². The number of aliphatic carboxylic acids is 2. The van der Waals surface area contributed by atoms with Crippen LogP contribution in [0.3, 0.4) is 0 Å². The second-order valence-electron chi connectivity index (χ2n) is 4.51. The van der Waals surface area contributed by atoms with Crippen LogP contribution in [0.2, 0.25) is 0 Å². The highest BCUT2D eigenvalue weighted by Crippen LogP contribution is 2.46. The number of carbonyl (C=O) groups is 3. The molecule has 7 nitrogen and oxygen atoms in total. The van der Waals surface area contributed by atoms with Gasteiger partial charge in [0.25, 0.3) is 0 Å². The third kappa shape index (κ3) is 2.21. The van der Waals surface area contributed by atoms with Crippen molar-refractivity contribution < 1.29 is 29.7 Å². The summed E-state index contributed by atoms with van der Waals surface area (Å²) in [6, 6.07) is -0.366. The van der Waals surface area contributed by atoms with Crippen LogP contribution in [0.25, 0.3) is 0 Å². The van der Waals surface area contributed by atoms with Crippen molar-refractivity contribution in [3.05, 3.63) is 10.6 Å². The van der Waals surface area contributed by atoms with Crippen LogP contribution >= 0.6 is 11.8 Å². The molecule has 3 atom stereocenters. The van der Waals surface area contributed by atoms with Gasteiger partial charge in [0.15, 0.2) is 0 Å². The van der Waals surface area contributed by atoms with Crippen LogP contribution in [0.15, 0.2) is 10.6 Å². The summed E-state index contributed by atoms with van der Waals surface area (Å²) in [6.07, 6.45) is -0.548. The van der Waals surface area contributed by atoms with Gasteiger partial charge >= 0.3 is 11.9 Å². The van der Waals surface area contributed by atoms with Crippen LogP contribution in [-0.2, 0) is 14.4 Å². The maximum Gasteiger partial charge on any atom is 0.353 e. The molecule has 0 aromatic heterocycles. The normalized spacial score (nSPS) is 27.1. The Morgan fingerprint density at radius 2 is 2.11 bits per heavy atom. The number of thioether (sulfide) groups is 1. The average molecular weight is 287 g/mol. The van der Waals surface area contributed by atoms with Crippen molar-refractivity contribution in [2.45, 2.75) is 25.5 Å². The smallest absolute Gasteiger partial charge is 0.353 e. The molecule has 2 aliphatic heterocycles. The molecule has 8 heteroatoms. The molecule has 2 heterocycles. The van der Waals surface area contributed by atoms with Crippen LogP contribution in [0, 0.1) is 5.92 Å². The van der Waals surface area contributed by atoms with Gasteiger partial charge in [-0.25, -0.2) is 4.79 Å². The molecule has 0 unspecified atom stereocenters. The summed E-state index contributed by atoms with van der Waals surface area (Å²) in [4.78, 5) is 35.1. The summed E-state index contributed by atoms with van der Waals surface area (Å²) < 4.78 is 0. The number of hydrogen-bond acceptors (Lipinski definition) is 5. The van der Waals surface area contributed by atoms with Gasteiger partial charge in [-0.1, -0.05) is 0 Å². The molecule has 0 bridgehead atoms. The van der Waals surface area contributed by atoms with Crippen molar-refractivity contribution in [2.75, 3.05) is 5.75 Å². The molecule has 19 heavy (non-hydrogen) atoms. The summed E-state index contributed by atoms with van der Waals surface area (Å²) in [5.41, 5.74) is -0.141. The molecule has 0 spiro atoms. The fourth-order valence-electron chi connectivity index (χ4n) is 2.51. The highest BCUT2D eigenvalue weighted by Gasteiger charge is 2.56. The van der Waals surface area contributed by atoms with Gasteiger partial charge in [0, 0.05) is 11.3 Å². The number of hydrogen-bond donors (Lipinski definition) is 3. The highest BCUT2D eigenvalue weighted by atomic mass is 32.2. The minimum Gasteiger partial charge on any atom is -0.481 e. The molecule has 1 amide bonds. The first-order chi connectivity index (χ1) is 8.84. The van der Waals surface area contributed by atoms with Crippen molar-refractivity contribution in [2.24, 2.45) is 5.92 Å². The number of amides is 1. The standard InChI is InChI=1S/C11H13NO6S/c1-4(13)8-5-2-6(19-3-7(14)15)9(11(17)18)12(5)10(8)16/h4-5,8,13H,2-3H2,1H3,(H,14,15)(H,17,18)/t4-,5+,8-/m0/s1. The molecule has 0 aromatic carbocycles. The summed E-state index contributed by atoms with van der Waals surface area (Å²) in [6.45, 7) is 1.49. The van der Waals surface area contributed by atoms with Crippen molar-refractivity contribution in [1.29, 1.82) is 0 Å². The summed E-state index contributed by atoms with van der Waals surface area (Å²) in [5.74, 6) is -3.55. The first-order valence-electron chi connectivity index (χ1n) is 5.66. The molecule has 1 saturated heterocycles. The minimum atomic E-state index is -1.24. The molecule has 2 aliphatic rings. The number of β-lactam (4-membered cyclic amide) rings is 1. The summed E-state index contributed by atoms with van der Waals surface area (Å²) in [5, 5.41) is 27.3. The third-order valence-corrected chi connectivity index (χ3v) is 4.36. The van der Waals surface area contributed by atoms with Gasteiger partial charge in [-0.15, -0.1) is 11.8 Å². The number of aliphatic hydroxyl groups excluding tert-OH is 1. The molecule has 0 radical (unpaired) electrons. The molecular weight excluding hydrogens is 274 g/mol. The predicted molar refractivity (Wildman–Crippen MR) is 65.2 cm³/mol. The lowest BCUT2D eigenvalue weighted by Crippen LogP contribution is -2.61. The Morgan fingerprint density at radius 3 is 2.58 bits per heavy atom.